The third-order valence-corrected chi connectivity index (χ3v) is 3.57. The average molecular weight is 306 g/mol. The third kappa shape index (κ3) is 2.42. The maximum absolute atomic E-state index is 11.3. The summed E-state index contributed by atoms with van der Waals surface area (Å²) in [5, 5.41) is 11.3. The quantitative estimate of drug-likeness (QED) is 0.483. The topological polar surface area (TPSA) is 78.2 Å². The van der Waals surface area contributed by atoms with Gasteiger partial charge in [-0.15, -0.1) is 0 Å². The zero-order valence-corrected chi connectivity index (χ0v) is 12.1. The zero-order chi connectivity index (χ0) is 15.0. The van der Waals surface area contributed by atoms with E-state index in [1.165, 1.54) is 0 Å². The molecule has 21 heavy (non-hydrogen) atoms. The summed E-state index contributed by atoms with van der Waals surface area (Å²) in [7, 11) is 0. The van der Waals surface area contributed by atoms with E-state index in [1.54, 1.807) is 13.0 Å². The molecule has 0 atom stereocenters. The first-order valence-corrected chi connectivity index (χ1v) is 6.89. The summed E-state index contributed by atoms with van der Waals surface area (Å²) in [5.74, 6) is 0.654. The highest BCUT2D eigenvalue weighted by atomic mass is 35.5. The monoisotopic (exact) mass is 305 g/mol. The van der Waals surface area contributed by atoms with E-state index in [2.05, 4.69) is 9.97 Å². The van der Waals surface area contributed by atoms with Crippen LogP contribution < -0.4 is 4.74 Å². The van der Waals surface area contributed by atoms with Crippen LogP contribution in [0.1, 0.15) is 17.7 Å². The second kappa shape index (κ2) is 5.29. The standard InChI is InChI=1S/C14H12ClN3O3/c1-8-12(18(19)20)11(17-14(15)16-8)10-6-2-4-9-5-3-7-21-13(9)10/h2,4,6H,3,5,7H2,1H3. The van der Waals surface area contributed by atoms with Gasteiger partial charge in [0.1, 0.15) is 11.4 Å². The third-order valence-electron chi connectivity index (χ3n) is 3.40. The number of ether oxygens (including phenoxy) is 1. The Kier molecular flexibility index (Phi) is 3.47. The second-order valence-electron chi connectivity index (χ2n) is 4.78. The van der Waals surface area contributed by atoms with Crippen LogP contribution in [0.25, 0.3) is 11.3 Å². The normalized spacial score (nSPS) is 13.4. The van der Waals surface area contributed by atoms with E-state index in [1.807, 2.05) is 12.1 Å². The highest BCUT2D eigenvalue weighted by molar-refractivity contribution is 6.28. The van der Waals surface area contributed by atoms with E-state index >= 15 is 0 Å². The van der Waals surface area contributed by atoms with Gasteiger partial charge in [0.05, 0.1) is 11.5 Å². The van der Waals surface area contributed by atoms with Gasteiger partial charge >= 0.3 is 5.69 Å². The van der Waals surface area contributed by atoms with Crippen LogP contribution >= 0.6 is 11.6 Å². The second-order valence-corrected chi connectivity index (χ2v) is 5.12. The van der Waals surface area contributed by atoms with Gasteiger partial charge in [-0.3, -0.25) is 10.1 Å². The maximum Gasteiger partial charge on any atom is 0.316 e. The van der Waals surface area contributed by atoms with Crippen LogP contribution in [0.15, 0.2) is 18.2 Å². The number of aromatic nitrogens is 2. The molecule has 0 spiro atoms. The van der Waals surface area contributed by atoms with Gasteiger partial charge < -0.3 is 4.74 Å². The molecule has 1 aliphatic rings. The lowest BCUT2D eigenvalue weighted by molar-refractivity contribution is -0.385. The van der Waals surface area contributed by atoms with Gasteiger partial charge in [-0.05, 0) is 43.0 Å². The van der Waals surface area contributed by atoms with E-state index in [-0.39, 0.29) is 22.4 Å². The maximum atomic E-state index is 11.3. The minimum atomic E-state index is -0.483. The molecule has 1 aromatic carbocycles. The molecule has 1 aromatic heterocycles. The Morgan fingerprint density at radius 2 is 2.19 bits per heavy atom. The van der Waals surface area contributed by atoms with Crippen LogP contribution in [0, 0.1) is 17.0 Å². The molecule has 0 N–H and O–H groups in total. The van der Waals surface area contributed by atoms with E-state index < -0.39 is 4.92 Å². The fourth-order valence-electron chi connectivity index (χ4n) is 2.51. The fraction of sp³-hybridized carbons (Fsp3) is 0.286. The predicted molar refractivity (Wildman–Crippen MR) is 77.7 cm³/mol. The molecule has 3 rings (SSSR count). The van der Waals surface area contributed by atoms with Gasteiger partial charge in [-0.2, -0.15) is 0 Å². The molecule has 6 nitrogen and oxygen atoms in total. The van der Waals surface area contributed by atoms with Crippen LogP contribution in [0.5, 0.6) is 5.75 Å². The number of fused-ring (bicyclic) bond motifs is 1. The summed E-state index contributed by atoms with van der Waals surface area (Å²) in [6.45, 7) is 2.14. The predicted octanol–water partition coefficient (Wildman–Crippen LogP) is 3.34. The first-order valence-electron chi connectivity index (χ1n) is 6.51. The molecular weight excluding hydrogens is 294 g/mol. The molecular formula is C14H12ClN3O3. The van der Waals surface area contributed by atoms with Crippen molar-refractivity contribution in [2.75, 3.05) is 6.61 Å². The molecule has 108 valence electrons. The number of nitro groups is 1. The van der Waals surface area contributed by atoms with Gasteiger partial charge in [0.15, 0.2) is 5.69 Å². The molecule has 0 unspecified atom stereocenters. The van der Waals surface area contributed by atoms with Crippen molar-refractivity contribution in [3.05, 3.63) is 44.9 Å². The molecule has 0 aliphatic carbocycles. The lowest BCUT2D eigenvalue weighted by Crippen LogP contribution is -2.10. The Balaban J connectivity index is 2.28. The van der Waals surface area contributed by atoms with Crippen LogP contribution in [0.2, 0.25) is 5.28 Å². The number of hydrogen-bond donors (Lipinski definition) is 0. The fourth-order valence-corrected chi connectivity index (χ4v) is 2.73. The van der Waals surface area contributed by atoms with Crippen molar-refractivity contribution < 1.29 is 9.66 Å². The number of rotatable bonds is 2. The smallest absolute Gasteiger partial charge is 0.316 e. The average Bonchev–Trinajstić information content (AvgIpc) is 2.45. The Bertz CT molecular complexity index is 734. The summed E-state index contributed by atoms with van der Waals surface area (Å²) in [6.07, 6.45) is 1.82. The summed E-state index contributed by atoms with van der Waals surface area (Å²) in [5.41, 5.74) is 1.92. The molecule has 0 saturated carbocycles. The van der Waals surface area contributed by atoms with Crippen LogP contribution in [0.3, 0.4) is 0 Å². The molecule has 0 saturated heterocycles. The summed E-state index contributed by atoms with van der Waals surface area (Å²) in [4.78, 5) is 18.8. The first-order chi connectivity index (χ1) is 10.1. The van der Waals surface area contributed by atoms with Crippen molar-refractivity contribution in [1.29, 1.82) is 0 Å². The SMILES string of the molecule is Cc1nc(Cl)nc(-c2cccc3c2OCCC3)c1[N+](=O)[O-]. The molecule has 0 fully saturated rings. The Labute approximate surface area is 125 Å². The molecule has 7 heteroatoms. The highest BCUT2D eigenvalue weighted by Crippen LogP contribution is 2.40. The zero-order valence-electron chi connectivity index (χ0n) is 11.3. The Morgan fingerprint density at radius 1 is 1.38 bits per heavy atom. The molecule has 1 aliphatic heterocycles. The van der Waals surface area contributed by atoms with E-state index in [9.17, 15) is 10.1 Å². The summed E-state index contributed by atoms with van der Waals surface area (Å²) in [6, 6.07) is 5.56. The first kappa shape index (κ1) is 13.8. The lowest BCUT2D eigenvalue weighted by atomic mass is 9.99. The van der Waals surface area contributed by atoms with Gasteiger partial charge in [-0.1, -0.05) is 12.1 Å². The number of para-hydroxylation sites is 1. The molecule has 0 bridgehead atoms. The van der Waals surface area contributed by atoms with Crippen molar-refractivity contribution in [1.82, 2.24) is 9.97 Å². The van der Waals surface area contributed by atoms with Gasteiger partial charge in [0.25, 0.3) is 0 Å². The Morgan fingerprint density at radius 3 is 2.95 bits per heavy atom. The van der Waals surface area contributed by atoms with Crippen molar-refractivity contribution in [3.63, 3.8) is 0 Å². The van der Waals surface area contributed by atoms with Crippen molar-refractivity contribution >= 4 is 17.3 Å². The summed E-state index contributed by atoms with van der Waals surface area (Å²) >= 11 is 5.87. The summed E-state index contributed by atoms with van der Waals surface area (Å²) < 4.78 is 5.70. The van der Waals surface area contributed by atoms with Gasteiger partial charge in [0.2, 0.25) is 5.28 Å². The van der Waals surface area contributed by atoms with Crippen LogP contribution in [-0.4, -0.2) is 21.5 Å². The molecule has 0 radical (unpaired) electrons. The van der Waals surface area contributed by atoms with E-state index in [0.29, 0.717) is 17.9 Å². The van der Waals surface area contributed by atoms with Gasteiger partial charge in [-0.25, -0.2) is 9.97 Å². The number of benzene rings is 1. The number of hydrogen-bond acceptors (Lipinski definition) is 5. The minimum absolute atomic E-state index is 0.0125. The van der Waals surface area contributed by atoms with Crippen molar-refractivity contribution in [2.45, 2.75) is 19.8 Å². The van der Waals surface area contributed by atoms with Crippen molar-refractivity contribution in [3.8, 4) is 17.0 Å². The molecule has 2 aromatic rings. The minimum Gasteiger partial charge on any atom is -0.493 e. The highest BCUT2D eigenvalue weighted by Gasteiger charge is 2.27. The number of nitrogens with zero attached hydrogens (tertiary/aromatic N) is 3. The van der Waals surface area contributed by atoms with E-state index in [4.69, 9.17) is 16.3 Å². The Hall–Kier alpha value is -2.21. The van der Waals surface area contributed by atoms with Crippen molar-refractivity contribution in [2.24, 2.45) is 0 Å². The van der Waals surface area contributed by atoms with E-state index in [0.717, 1.165) is 18.4 Å². The van der Waals surface area contributed by atoms with Crippen LogP contribution in [0.4, 0.5) is 5.69 Å². The molecule has 2 heterocycles. The molecule has 0 amide bonds. The largest absolute Gasteiger partial charge is 0.493 e. The number of halogens is 1. The van der Waals surface area contributed by atoms with Gasteiger partial charge in [0, 0.05) is 5.56 Å². The lowest BCUT2D eigenvalue weighted by Gasteiger charge is -2.20. The number of aryl methyl sites for hydroxylation is 2. The van der Waals surface area contributed by atoms with Crippen LogP contribution in [-0.2, 0) is 6.42 Å².